The lowest BCUT2D eigenvalue weighted by Gasteiger charge is -2.17. The molecule has 0 aliphatic heterocycles. The Morgan fingerprint density at radius 3 is 2.61 bits per heavy atom. The van der Waals surface area contributed by atoms with Gasteiger partial charge in [-0.15, -0.1) is 11.3 Å². The highest BCUT2D eigenvalue weighted by Gasteiger charge is 2.20. The molecule has 1 aromatic heterocycles. The third kappa shape index (κ3) is 5.33. The largest absolute Gasteiger partial charge is 0.481 e. The van der Waals surface area contributed by atoms with Gasteiger partial charge in [-0.1, -0.05) is 42.8 Å². The zero-order valence-corrected chi connectivity index (χ0v) is 17.7. The summed E-state index contributed by atoms with van der Waals surface area (Å²) in [6.07, 6.45) is 2.45. The van der Waals surface area contributed by atoms with Gasteiger partial charge in [-0.25, -0.2) is 4.98 Å². The number of benzene rings is 2. The molecule has 4 nitrogen and oxygen atoms in total. The molecule has 1 unspecified atom stereocenters. The predicted octanol–water partition coefficient (Wildman–Crippen LogP) is 5.80. The topological polar surface area (TPSA) is 51.2 Å². The molecule has 2 aromatic carbocycles. The number of hydrogen-bond donors (Lipinski definition) is 1. The average molecular weight is 415 g/mol. The SMILES string of the molecule is CCC(Oc1cc(C)cc(C)c1)C(=O)Nc1ncc(Cc2ccccc2Cl)s1. The third-order valence-electron chi connectivity index (χ3n) is 4.24. The predicted molar refractivity (Wildman–Crippen MR) is 116 cm³/mol. The van der Waals surface area contributed by atoms with E-state index >= 15 is 0 Å². The van der Waals surface area contributed by atoms with Gasteiger partial charge in [0.25, 0.3) is 5.91 Å². The molecule has 0 radical (unpaired) electrons. The van der Waals surface area contributed by atoms with E-state index in [1.807, 2.05) is 57.2 Å². The fourth-order valence-corrected chi connectivity index (χ4v) is 3.99. The molecule has 1 atom stereocenters. The number of anilines is 1. The molecular formula is C22H23ClN2O2S. The van der Waals surface area contributed by atoms with E-state index < -0.39 is 6.10 Å². The van der Waals surface area contributed by atoms with E-state index in [0.29, 0.717) is 23.7 Å². The van der Waals surface area contributed by atoms with Crippen molar-refractivity contribution in [1.29, 1.82) is 0 Å². The lowest BCUT2D eigenvalue weighted by Crippen LogP contribution is -2.32. The van der Waals surface area contributed by atoms with E-state index in [4.69, 9.17) is 16.3 Å². The highest BCUT2D eigenvalue weighted by Crippen LogP contribution is 2.25. The second kappa shape index (κ2) is 9.22. The number of halogens is 1. The summed E-state index contributed by atoms with van der Waals surface area (Å²) in [5, 5.41) is 4.17. The van der Waals surface area contributed by atoms with Gasteiger partial charge in [0.05, 0.1) is 0 Å². The molecule has 3 aromatic rings. The van der Waals surface area contributed by atoms with E-state index in [2.05, 4.69) is 16.4 Å². The molecule has 0 fully saturated rings. The van der Waals surface area contributed by atoms with Crippen LogP contribution in [0.1, 0.15) is 34.9 Å². The van der Waals surface area contributed by atoms with Gasteiger partial charge < -0.3 is 4.74 Å². The Hall–Kier alpha value is -2.37. The Bertz CT molecular complexity index is 950. The summed E-state index contributed by atoms with van der Waals surface area (Å²) >= 11 is 7.67. The Balaban J connectivity index is 1.64. The van der Waals surface area contributed by atoms with Crippen LogP contribution in [0.15, 0.2) is 48.7 Å². The summed E-state index contributed by atoms with van der Waals surface area (Å²) in [5.74, 6) is 0.512. The number of aryl methyl sites for hydroxylation is 2. The van der Waals surface area contributed by atoms with Crippen LogP contribution in [0.25, 0.3) is 0 Å². The van der Waals surface area contributed by atoms with E-state index in [1.165, 1.54) is 11.3 Å². The molecule has 146 valence electrons. The molecule has 0 aliphatic carbocycles. The second-order valence-electron chi connectivity index (χ2n) is 6.73. The number of thiazole rings is 1. The van der Waals surface area contributed by atoms with Gasteiger partial charge in [0, 0.05) is 22.5 Å². The number of ether oxygens (including phenoxy) is 1. The molecule has 0 saturated carbocycles. The first-order valence-electron chi connectivity index (χ1n) is 9.18. The summed E-state index contributed by atoms with van der Waals surface area (Å²) in [4.78, 5) is 18.0. The van der Waals surface area contributed by atoms with Gasteiger partial charge in [-0.05, 0) is 55.2 Å². The molecule has 0 spiro atoms. The fraction of sp³-hybridized carbons (Fsp3) is 0.273. The molecule has 1 N–H and O–H groups in total. The molecule has 1 amide bonds. The minimum absolute atomic E-state index is 0.194. The third-order valence-corrected chi connectivity index (χ3v) is 5.52. The number of nitrogens with one attached hydrogen (secondary N) is 1. The van der Waals surface area contributed by atoms with Gasteiger partial charge in [0.15, 0.2) is 11.2 Å². The van der Waals surface area contributed by atoms with Gasteiger partial charge in [0.1, 0.15) is 5.75 Å². The molecule has 28 heavy (non-hydrogen) atoms. The highest BCUT2D eigenvalue weighted by atomic mass is 35.5. The number of rotatable bonds is 7. The summed E-state index contributed by atoms with van der Waals surface area (Å²) in [5.41, 5.74) is 3.25. The van der Waals surface area contributed by atoms with Crippen molar-refractivity contribution >= 4 is 34.0 Å². The van der Waals surface area contributed by atoms with Crippen molar-refractivity contribution in [2.45, 2.75) is 39.7 Å². The normalized spacial score (nSPS) is 11.9. The zero-order valence-electron chi connectivity index (χ0n) is 16.2. The summed E-state index contributed by atoms with van der Waals surface area (Å²) in [6, 6.07) is 13.7. The summed E-state index contributed by atoms with van der Waals surface area (Å²) in [6.45, 7) is 5.95. The standard InChI is InChI=1S/C22H23ClN2O2S/c1-4-20(27-17-10-14(2)9-15(3)11-17)21(26)25-22-24-13-18(28-22)12-16-7-5-6-8-19(16)23/h5-11,13,20H,4,12H2,1-3H3,(H,24,25,26). The lowest BCUT2D eigenvalue weighted by atomic mass is 10.1. The van der Waals surface area contributed by atoms with Crippen LogP contribution >= 0.6 is 22.9 Å². The van der Waals surface area contributed by atoms with Crippen LogP contribution in [-0.2, 0) is 11.2 Å². The van der Waals surface area contributed by atoms with Crippen molar-refractivity contribution in [1.82, 2.24) is 4.98 Å². The smallest absolute Gasteiger partial charge is 0.267 e. The van der Waals surface area contributed by atoms with Crippen molar-refractivity contribution in [2.75, 3.05) is 5.32 Å². The van der Waals surface area contributed by atoms with Crippen molar-refractivity contribution in [2.24, 2.45) is 0 Å². The minimum Gasteiger partial charge on any atom is -0.481 e. The van der Waals surface area contributed by atoms with Gasteiger partial charge in [0.2, 0.25) is 0 Å². The molecule has 1 heterocycles. The zero-order chi connectivity index (χ0) is 20.1. The van der Waals surface area contributed by atoms with Gasteiger partial charge in [-0.3, -0.25) is 10.1 Å². The van der Waals surface area contributed by atoms with Crippen LogP contribution in [0.5, 0.6) is 5.75 Å². The first kappa shape index (κ1) is 20.4. The van der Waals surface area contributed by atoms with Crippen LogP contribution in [0.2, 0.25) is 5.02 Å². The maximum atomic E-state index is 12.6. The van der Waals surface area contributed by atoms with Crippen molar-refractivity contribution in [3.05, 3.63) is 75.3 Å². The molecular weight excluding hydrogens is 392 g/mol. The minimum atomic E-state index is -0.572. The van der Waals surface area contributed by atoms with Crippen molar-refractivity contribution in [3.8, 4) is 5.75 Å². The van der Waals surface area contributed by atoms with Crippen LogP contribution in [-0.4, -0.2) is 17.0 Å². The van der Waals surface area contributed by atoms with Crippen LogP contribution in [0.4, 0.5) is 5.13 Å². The first-order valence-corrected chi connectivity index (χ1v) is 10.4. The number of aromatic nitrogens is 1. The maximum absolute atomic E-state index is 12.6. The maximum Gasteiger partial charge on any atom is 0.267 e. The highest BCUT2D eigenvalue weighted by molar-refractivity contribution is 7.15. The Morgan fingerprint density at radius 1 is 1.21 bits per heavy atom. The van der Waals surface area contributed by atoms with E-state index in [9.17, 15) is 4.79 Å². The monoisotopic (exact) mass is 414 g/mol. The number of nitrogens with zero attached hydrogens (tertiary/aromatic N) is 1. The number of amides is 1. The quantitative estimate of drug-likeness (QED) is 0.531. The molecule has 6 heteroatoms. The molecule has 0 bridgehead atoms. The number of hydrogen-bond acceptors (Lipinski definition) is 4. The Labute approximate surface area is 174 Å². The van der Waals surface area contributed by atoms with E-state index in [1.54, 1.807) is 6.20 Å². The fourth-order valence-electron chi connectivity index (χ4n) is 2.95. The Morgan fingerprint density at radius 2 is 1.93 bits per heavy atom. The van der Waals surface area contributed by atoms with Crippen LogP contribution < -0.4 is 10.1 Å². The molecule has 0 saturated heterocycles. The van der Waals surface area contributed by atoms with E-state index in [-0.39, 0.29) is 5.91 Å². The van der Waals surface area contributed by atoms with Crippen molar-refractivity contribution in [3.63, 3.8) is 0 Å². The van der Waals surface area contributed by atoms with Gasteiger partial charge >= 0.3 is 0 Å². The number of carbonyl (C=O) groups excluding carboxylic acids is 1. The van der Waals surface area contributed by atoms with Crippen LogP contribution in [0, 0.1) is 13.8 Å². The second-order valence-corrected chi connectivity index (χ2v) is 8.25. The Kier molecular flexibility index (Phi) is 6.70. The van der Waals surface area contributed by atoms with Crippen LogP contribution in [0.3, 0.4) is 0 Å². The first-order chi connectivity index (χ1) is 13.4. The lowest BCUT2D eigenvalue weighted by molar-refractivity contribution is -0.122. The number of carbonyl (C=O) groups is 1. The summed E-state index contributed by atoms with van der Waals surface area (Å²) in [7, 11) is 0. The average Bonchev–Trinajstić information content (AvgIpc) is 3.07. The summed E-state index contributed by atoms with van der Waals surface area (Å²) < 4.78 is 5.92. The van der Waals surface area contributed by atoms with Crippen molar-refractivity contribution < 1.29 is 9.53 Å². The molecule has 3 rings (SSSR count). The van der Waals surface area contributed by atoms with E-state index in [0.717, 1.165) is 26.6 Å². The van der Waals surface area contributed by atoms with Gasteiger partial charge in [-0.2, -0.15) is 0 Å². The molecule has 0 aliphatic rings.